The number of nitrogens with zero attached hydrogens (tertiary/aromatic N) is 1. The quantitative estimate of drug-likeness (QED) is 0.275. The number of fused-ring (bicyclic) bond motifs is 5. The Bertz CT molecular complexity index is 1520. The number of aliphatic hydroxyl groups excluding tert-OH is 2. The van der Waals surface area contributed by atoms with Gasteiger partial charge in [-0.3, -0.25) is 14.4 Å². The summed E-state index contributed by atoms with van der Waals surface area (Å²) in [6.45, 7) is 11.0. The number of ketones is 1. The van der Waals surface area contributed by atoms with Crippen molar-refractivity contribution in [2.24, 2.45) is 16.7 Å². The van der Waals surface area contributed by atoms with Gasteiger partial charge in [-0.15, -0.1) is 0 Å². The highest BCUT2D eigenvalue weighted by atomic mass is 16.6. The molecular formula is C35H46N2O10. The molecule has 2 aromatic rings. The average molecular weight is 655 g/mol. The molecule has 0 spiro atoms. The number of carbonyl (C=O) groups is 3. The Hall–Kier alpha value is -3.42. The third-order valence-corrected chi connectivity index (χ3v) is 10.9. The summed E-state index contributed by atoms with van der Waals surface area (Å²) < 4.78 is 24.1. The van der Waals surface area contributed by atoms with E-state index in [1.54, 1.807) is 40.1 Å². The van der Waals surface area contributed by atoms with Crippen LogP contribution in [0, 0.1) is 23.7 Å². The number of esters is 2. The smallest absolute Gasteiger partial charge is 0.303 e. The van der Waals surface area contributed by atoms with E-state index in [-0.39, 0.29) is 31.6 Å². The summed E-state index contributed by atoms with van der Waals surface area (Å²) >= 11 is 0. The van der Waals surface area contributed by atoms with Gasteiger partial charge in [0, 0.05) is 50.4 Å². The van der Waals surface area contributed by atoms with Crippen molar-refractivity contribution in [3.63, 3.8) is 0 Å². The highest BCUT2D eigenvalue weighted by molar-refractivity contribution is 5.95. The molecule has 47 heavy (non-hydrogen) atoms. The molecule has 4 aliphatic rings. The van der Waals surface area contributed by atoms with Gasteiger partial charge in [0.25, 0.3) is 0 Å². The lowest BCUT2D eigenvalue weighted by atomic mass is 9.44. The lowest BCUT2D eigenvalue weighted by Gasteiger charge is -2.67. The molecule has 0 amide bonds. The van der Waals surface area contributed by atoms with E-state index in [1.807, 2.05) is 37.3 Å². The number of carbonyl (C=O) groups excluding carboxylic acids is 3. The number of aromatic amines is 1. The summed E-state index contributed by atoms with van der Waals surface area (Å²) in [5.74, 6) is -2.13. The van der Waals surface area contributed by atoms with Crippen molar-refractivity contribution in [3.8, 4) is 0 Å². The molecule has 1 aromatic carbocycles. The molecule has 3 fully saturated rings. The van der Waals surface area contributed by atoms with E-state index < -0.39 is 76.2 Å². The summed E-state index contributed by atoms with van der Waals surface area (Å²) in [4.78, 5) is 46.5. The summed E-state index contributed by atoms with van der Waals surface area (Å²) in [5, 5.41) is 35.9. The lowest BCUT2D eigenvalue weighted by molar-refractivity contribution is -0.351. The molecule has 4 N–H and O–H groups in total. The zero-order valence-electron chi connectivity index (χ0n) is 28.0. The first kappa shape index (κ1) is 34.9. The number of Topliss-reactive ketones (excluding diaryl/α,β-unsaturated/α-hetero) is 1. The predicted octanol–water partition coefficient (Wildman–Crippen LogP) is 2.73. The van der Waals surface area contributed by atoms with Crippen LogP contribution in [0.5, 0.6) is 0 Å². The second-order valence-corrected chi connectivity index (χ2v) is 14.0. The maximum Gasteiger partial charge on any atom is 0.303 e. The molecule has 6 rings (SSSR count). The maximum atomic E-state index is 14.8. The van der Waals surface area contributed by atoms with E-state index in [1.165, 1.54) is 13.8 Å². The Morgan fingerprint density at radius 1 is 1.09 bits per heavy atom. The van der Waals surface area contributed by atoms with Crippen LogP contribution in [0.3, 0.4) is 0 Å². The summed E-state index contributed by atoms with van der Waals surface area (Å²) in [5.41, 5.74) is -4.80. The van der Waals surface area contributed by atoms with Gasteiger partial charge in [0.05, 0.1) is 36.9 Å². The Kier molecular flexibility index (Phi) is 9.32. The first-order chi connectivity index (χ1) is 22.0. The minimum Gasteiger partial charge on any atom is -0.454 e. The van der Waals surface area contributed by atoms with Crippen LogP contribution in [0.1, 0.15) is 65.8 Å². The molecule has 1 saturated heterocycles. The molecule has 0 radical (unpaired) electrons. The van der Waals surface area contributed by atoms with Crippen molar-refractivity contribution in [1.29, 1.82) is 0 Å². The SMILES string of the molecule is CC(=O)O[C@H]1C(=O)[C@@]2(C)C([C@H](OCc3ccccc3)[C@]3(O)C[C@H](O)C(C)=C1C3(C)C)[C@]1(OC(C)=O)CO[C@@H]1C[C@@H]2O.Cc1ncc[nH]1. The normalized spacial score (nSPS) is 37.1. The van der Waals surface area contributed by atoms with Gasteiger partial charge in [0.2, 0.25) is 0 Å². The largest absolute Gasteiger partial charge is 0.454 e. The highest BCUT2D eigenvalue weighted by Crippen LogP contribution is 2.64. The van der Waals surface area contributed by atoms with Crippen molar-refractivity contribution in [2.45, 2.75) is 110 Å². The fourth-order valence-corrected chi connectivity index (χ4v) is 8.32. The number of rotatable bonds is 5. The van der Waals surface area contributed by atoms with Gasteiger partial charge >= 0.3 is 11.9 Å². The molecule has 2 saturated carbocycles. The van der Waals surface area contributed by atoms with Crippen molar-refractivity contribution in [1.82, 2.24) is 9.97 Å². The fourth-order valence-electron chi connectivity index (χ4n) is 8.32. The number of aryl methyl sites for hydroxylation is 1. The van der Waals surface area contributed by atoms with Crippen LogP contribution in [0.15, 0.2) is 53.9 Å². The van der Waals surface area contributed by atoms with Crippen molar-refractivity contribution in [3.05, 3.63) is 65.3 Å². The Morgan fingerprint density at radius 3 is 2.28 bits per heavy atom. The number of imidazole rings is 1. The maximum absolute atomic E-state index is 14.8. The van der Waals surface area contributed by atoms with Crippen molar-refractivity contribution in [2.75, 3.05) is 6.61 Å². The van der Waals surface area contributed by atoms with Crippen LogP contribution in [0.25, 0.3) is 0 Å². The van der Waals surface area contributed by atoms with Crippen LogP contribution in [0.2, 0.25) is 0 Å². The first-order valence-corrected chi connectivity index (χ1v) is 15.9. The summed E-state index contributed by atoms with van der Waals surface area (Å²) in [6, 6.07) is 9.28. The Labute approximate surface area is 274 Å². The summed E-state index contributed by atoms with van der Waals surface area (Å²) in [7, 11) is 0. The molecule has 2 bridgehead atoms. The minimum absolute atomic E-state index is 0.0211. The Balaban J connectivity index is 0.000000650. The van der Waals surface area contributed by atoms with Gasteiger partial charge in [0.1, 0.15) is 17.5 Å². The molecule has 12 nitrogen and oxygen atoms in total. The highest BCUT2D eigenvalue weighted by Gasteiger charge is 2.77. The zero-order chi connectivity index (χ0) is 34.5. The average Bonchev–Trinajstić information content (AvgIpc) is 3.48. The number of aromatic nitrogens is 2. The monoisotopic (exact) mass is 654 g/mol. The number of aliphatic hydroxyl groups is 3. The van der Waals surface area contributed by atoms with Crippen molar-refractivity contribution < 1.29 is 48.7 Å². The molecule has 1 unspecified atom stereocenters. The van der Waals surface area contributed by atoms with Gasteiger partial charge in [-0.2, -0.15) is 0 Å². The van der Waals surface area contributed by atoms with Gasteiger partial charge in [-0.25, -0.2) is 4.98 Å². The molecule has 256 valence electrons. The molecule has 12 heteroatoms. The van der Waals surface area contributed by atoms with Gasteiger partial charge < -0.3 is 39.3 Å². The third kappa shape index (κ3) is 5.63. The van der Waals surface area contributed by atoms with Crippen LogP contribution in [-0.2, 0) is 39.9 Å². The minimum atomic E-state index is -1.87. The molecule has 1 aromatic heterocycles. The standard InChI is InChI=1S/C31H40O10.C4H6N2/c1-16-20(34)13-31(37)27(38-14-19-10-8-7-9-11-19)25-29(6,21(35)12-22-30(25,15-39-22)41-18(3)33)26(36)24(40-17(2)32)23(16)28(31,4)5;1-4-5-2-3-6-4/h7-11,20-22,24-25,27,34-35,37H,12-15H2,1-6H3;2-3H,1H3,(H,5,6)/t20-,21-,22+,24+,25?,27-,29+,30-,31+;/m0./s1. The number of ether oxygens (including phenoxy) is 4. The number of H-pyrrole nitrogens is 1. The fraction of sp³-hybridized carbons (Fsp3) is 0.600. The first-order valence-electron chi connectivity index (χ1n) is 15.9. The molecule has 9 atom stereocenters. The number of nitrogens with one attached hydrogen (secondary N) is 1. The predicted molar refractivity (Wildman–Crippen MR) is 167 cm³/mol. The van der Waals surface area contributed by atoms with Gasteiger partial charge in [-0.1, -0.05) is 44.2 Å². The third-order valence-electron chi connectivity index (χ3n) is 10.9. The van der Waals surface area contributed by atoms with Gasteiger partial charge in [0.15, 0.2) is 17.5 Å². The van der Waals surface area contributed by atoms with Crippen LogP contribution in [0.4, 0.5) is 0 Å². The van der Waals surface area contributed by atoms with E-state index in [0.29, 0.717) is 5.57 Å². The second-order valence-electron chi connectivity index (χ2n) is 14.0. The van der Waals surface area contributed by atoms with E-state index in [9.17, 15) is 29.7 Å². The lowest BCUT2D eigenvalue weighted by Crippen LogP contribution is -2.81. The zero-order valence-corrected chi connectivity index (χ0v) is 28.0. The summed E-state index contributed by atoms with van der Waals surface area (Å²) in [6.07, 6.45) is -2.66. The second kappa shape index (κ2) is 12.6. The number of hydrogen-bond donors (Lipinski definition) is 4. The topological polar surface area (TPSA) is 177 Å². The molecule has 1 aliphatic heterocycles. The van der Waals surface area contributed by atoms with E-state index in [0.717, 1.165) is 11.4 Å². The van der Waals surface area contributed by atoms with Crippen molar-refractivity contribution >= 4 is 17.7 Å². The van der Waals surface area contributed by atoms with E-state index in [4.69, 9.17) is 18.9 Å². The Morgan fingerprint density at radius 2 is 1.77 bits per heavy atom. The molecular weight excluding hydrogens is 608 g/mol. The molecule has 2 heterocycles. The number of benzene rings is 1. The number of hydrogen-bond acceptors (Lipinski definition) is 11. The van der Waals surface area contributed by atoms with Crippen LogP contribution < -0.4 is 0 Å². The molecule has 3 aliphatic carbocycles. The van der Waals surface area contributed by atoms with E-state index >= 15 is 0 Å². The van der Waals surface area contributed by atoms with Crippen LogP contribution in [-0.4, -0.2) is 91.3 Å². The van der Waals surface area contributed by atoms with Gasteiger partial charge in [-0.05, 0) is 37.5 Å². The van der Waals surface area contributed by atoms with E-state index in [2.05, 4.69) is 9.97 Å². The van der Waals surface area contributed by atoms with Crippen LogP contribution >= 0.6 is 0 Å².